The molecule has 7 aromatic carbocycles. The van der Waals surface area contributed by atoms with Crippen molar-refractivity contribution in [1.82, 2.24) is 9.13 Å². The van der Waals surface area contributed by atoms with Crippen molar-refractivity contribution in [3.8, 4) is 45.8 Å². The van der Waals surface area contributed by atoms with Crippen molar-refractivity contribution in [3.05, 3.63) is 145 Å². The van der Waals surface area contributed by atoms with Crippen molar-refractivity contribution >= 4 is 54.4 Å². The van der Waals surface area contributed by atoms with Crippen LogP contribution in [-0.4, -0.2) is 9.13 Å². The van der Waals surface area contributed by atoms with Crippen LogP contribution < -0.4 is 0 Å². The van der Waals surface area contributed by atoms with Gasteiger partial charge in [0.25, 0.3) is 0 Å². The van der Waals surface area contributed by atoms with E-state index in [1.807, 2.05) is 36.4 Å². The molecule has 4 heteroatoms. The Hall–Kier alpha value is -6.62. The minimum absolute atomic E-state index is 0.454. The molecule has 0 atom stereocenters. The van der Waals surface area contributed by atoms with Gasteiger partial charge in [-0.05, 0) is 64.0 Å². The van der Waals surface area contributed by atoms with E-state index in [4.69, 9.17) is 0 Å². The van der Waals surface area contributed by atoms with E-state index in [1.165, 1.54) is 27.6 Å². The number of benzene rings is 7. The summed E-state index contributed by atoms with van der Waals surface area (Å²) in [5.74, 6) is 0. The highest BCUT2D eigenvalue weighted by molar-refractivity contribution is 6.27. The van der Waals surface area contributed by atoms with E-state index >= 15 is 0 Å². The van der Waals surface area contributed by atoms with Crippen LogP contribution in [0.2, 0.25) is 0 Å². The Bertz CT molecular complexity index is 2830. The maximum absolute atomic E-state index is 11.0. The van der Waals surface area contributed by atoms with Crippen LogP contribution in [0, 0.1) is 22.7 Å². The third-order valence-corrected chi connectivity index (χ3v) is 9.73. The van der Waals surface area contributed by atoms with Gasteiger partial charge in [0.05, 0.1) is 39.0 Å². The molecular weight excluding hydrogens is 560 g/mol. The highest BCUT2D eigenvalue weighted by Gasteiger charge is 2.27. The second-order valence-corrected chi connectivity index (χ2v) is 11.9. The van der Waals surface area contributed by atoms with Crippen LogP contribution in [0.25, 0.3) is 88.0 Å². The molecule has 1 aliphatic rings. The van der Waals surface area contributed by atoms with Crippen LogP contribution in [0.3, 0.4) is 0 Å². The van der Waals surface area contributed by atoms with Gasteiger partial charge >= 0.3 is 0 Å². The van der Waals surface area contributed by atoms with Gasteiger partial charge in [0, 0.05) is 26.9 Å². The third kappa shape index (κ3) is 3.00. The van der Waals surface area contributed by atoms with E-state index in [0.29, 0.717) is 16.8 Å². The largest absolute Gasteiger partial charge is 0.307 e. The van der Waals surface area contributed by atoms with Gasteiger partial charge in [0.1, 0.15) is 17.7 Å². The maximum atomic E-state index is 11.0. The number of hydrogen-bond donors (Lipinski definition) is 0. The number of fused-ring (bicyclic) bond motifs is 10. The van der Waals surface area contributed by atoms with Crippen molar-refractivity contribution in [1.29, 1.82) is 10.5 Å². The lowest BCUT2D eigenvalue weighted by atomic mass is 9.99. The van der Waals surface area contributed by atoms with Gasteiger partial charge in [0.2, 0.25) is 0 Å². The quantitative estimate of drug-likeness (QED) is 0.204. The first-order valence-electron chi connectivity index (χ1n) is 15.3. The summed E-state index contributed by atoms with van der Waals surface area (Å²) in [5, 5.41) is 28.3. The number of aromatic nitrogens is 2. The Balaban J connectivity index is 1.39. The average Bonchev–Trinajstić information content (AvgIpc) is 3.75. The fraction of sp³-hybridized carbons (Fsp3) is 0. The lowest BCUT2D eigenvalue weighted by molar-refractivity contribution is 1.11. The van der Waals surface area contributed by atoms with E-state index in [0.717, 1.165) is 54.7 Å². The first-order valence-corrected chi connectivity index (χ1v) is 15.3. The lowest BCUT2D eigenvalue weighted by Gasteiger charge is -2.18. The number of hydrogen-bond acceptors (Lipinski definition) is 2. The summed E-state index contributed by atoms with van der Waals surface area (Å²) in [5.41, 5.74) is 11.2. The van der Waals surface area contributed by atoms with Crippen molar-refractivity contribution in [2.45, 2.75) is 0 Å². The number of nitrogens with zero attached hydrogens (tertiary/aromatic N) is 4. The summed E-state index contributed by atoms with van der Waals surface area (Å²) in [7, 11) is 0. The van der Waals surface area contributed by atoms with Crippen LogP contribution in [0.15, 0.2) is 133 Å². The van der Waals surface area contributed by atoms with E-state index < -0.39 is 0 Å². The number of para-hydroxylation sites is 3. The van der Waals surface area contributed by atoms with Crippen molar-refractivity contribution < 1.29 is 0 Å². The minimum atomic E-state index is 0.454. The van der Waals surface area contributed by atoms with E-state index in [-0.39, 0.29) is 0 Å². The normalized spacial score (nSPS) is 11.9. The third-order valence-electron chi connectivity index (χ3n) is 9.73. The molecule has 0 fully saturated rings. The molecule has 0 radical (unpaired) electrons. The molecule has 2 heterocycles. The Morgan fingerprint density at radius 1 is 0.435 bits per heavy atom. The standard InChI is InChI=1S/C42H22N4/c43-23-25-20-21-39(35(24-44)41(25)45-36-17-6-3-12-28(36)29-13-4-7-18-37(29)45)46-38-19-8-5-14-30(38)34-22-33-27-11-2-1-10-26(27)31-15-9-16-32(40(31)33)42(34)46/h1-22H. The molecule has 210 valence electrons. The SMILES string of the molecule is N#Cc1ccc(-n2c3ccccc3c3cc4c5c(cccc5c32)-c2ccccc2-4)c(C#N)c1-n1c2ccccc2c2ccccc21. The molecule has 0 bridgehead atoms. The highest BCUT2D eigenvalue weighted by Crippen LogP contribution is 2.51. The minimum Gasteiger partial charge on any atom is -0.307 e. The Morgan fingerprint density at radius 3 is 1.63 bits per heavy atom. The molecule has 0 amide bonds. The molecule has 0 aliphatic heterocycles. The van der Waals surface area contributed by atoms with Gasteiger partial charge in [-0.1, -0.05) is 97.1 Å². The Morgan fingerprint density at radius 2 is 0.978 bits per heavy atom. The van der Waals surface area contributed by atoms with Crippen molar-refractivity contribution in [2.75, 3.05) is 0 Å². The zero-order valence-corrected chi connectivity index (χ0v) is 24.5. The molecule has 10 rings (SSSR count). The molecular formula is C42H22N4. The summed E-state index contributed by atoms with van der Waals surface area (Å²) in [4.78, 5) is 0. The molecule has 1 aliphatic carbocycles. The molecule has 0 saturated heterocycles. The second kappa shape index (κ2) is 8.96. The molecule has 0 unspecified atom stereocenters. The summed E-state index contributed by atoms with van der Waals surface area (Å²) in [6, 6.07) is 51.1. The molecule has 0 spiro atoms. The monoisotopic (exact) mass is 582 g/mol. The van der Waals surface area contributed by atoms with Gasteiger partial charge in [0.15, 0.2) is 0 Å². The van der Waals surface area contributed by atoms with Crippen LogP contribution in [0.5, 0.6) is 0 Å². The average molecular weight is 583 g/mol. The lowest BCUT2D eigenvalue weighted by Crippen LogP contribution is -2.06. The van der Waals surface area contributed by atoms with Crippen LogP contribution in [0.1, 0.15) is 11.1 Å². The fourth-order valence-electron chi connectivity index (χ4n) is 7.94. The molecule has 2 aromatic heterocycles. The zero-order valence-electron chi connectivity index (χ0n) is 24.5. The van der Waals surface area contributed by atoms with E-state index in [1.54, 1.807) is 0 Å². The van der Waals surface area contributed by atoms with Crippen molar-refractivity contribution in [2.24, 2.45) is 0 Å². The summed E-state index contributed by atoms with van der Waals surface area (Å²) in [6.07, 6.45) is 0. The molecule has 9 aromatic rings. The molecule has 46 heavy (non-hydrogen) atoms. The number of rotatable bonds is 2. The Kier molecular flexibility index (Phi) is 4.83. The molecule has 0 saturated carbocycles. The van der Waals surface area contributed by atoms with Gasteiger partial charge in [-0.3, -0.25) is 0 Å². The predicted molar refractivity (Wildman–Crippen MR) is 186 cm³/mol. The van der Waals surface area contributed by atoms with Gasteiger partial charge in [-0.25, -0.2) is 0 Å². The maximum Gasteiger partial charge on any atom is 0.104 e. The smallest absolute Gasteiger partial charge is 0.104 e. The molecule has 0 N–H and O–H groups in total. The second-order valence-electron chi connectivity index (χ2n) is 11.9. The van der Waals surface area contributed by atoms with Crippen LogP contribution >= 0.6 is 0 Å². The first-order chi connectivity index (χ1) is 22.8. The summed E-state index contributed by atoms with van der Waals surface area (Å²) >= 11 is 0. The fourth-order valence-corrected chi connectivity index (χ4v) is 7.94. The highest BCUT2D eigenvalue weighted by atomic mass is 15.0. The van der Waals surface area contributed by atoms with E-state index in [2.05, 4.69) is 118 Å². The van der Waals surface area contributed by atoms with Gasteiger partial charge in [-0.2, -0.15) is 10.5 Å². The number of nitriles is 2. The predicted octanol–water partition coefficient (Wildman–Crippen LogP) is 10.4. The topological polar surface area (TPSA) is 57.4 Å². The summed E-state index contributed by atoms with van der Waals surface area (Å²) < 4.78 is 4.34. The van der Waals surface area contributed by atoms with Crippen LogP contribution in [-0.2, 0) is 0 Å². The Labute approximate surface area is 263 Å². The first kappa shape index (κ1) is 24.8. The molecule has 4 nitrogen and oxygen atoms in total. The van der Waals surface area contributed by atoms with Crippen molar-refractivity contribution in [3.63, 3.8) is 0 Å². The van der Waals surface area contributed by atoms with Gasteiger partial charge in [-0.15, -0.1) is 0 Å². The van der Waals surface area contributed by atoms with Crippen LogP contribution in [0.4, 0.5) is 0 Å². The van der Waals surface area contributed by atoms with Gasteiger partial charge < -0.3 is 9.13 Å². The zero-order chi connectivity index (χ0) is 30.5. The van der Waals surface area contributed by atoms with E-state index in [9.17, 15) is 10.5 Å². The summed E-state index contributed by atoms with van der Waals surface area (Å²) in [6.45, 7) is 0.